The lowest BCUT2D eigenvalue weighted by molar-refractivity contribution is 0.629. The molecule has 1 aromatic heterocycles. The van der Waals surface area contributed by atoms with Gasteiger partial charge in [-0.15, -0.1) is 0 Å². The van der Waals surface area contributed by atoms with Gasteiger partial charge in [-0.3, -0.25) is 0 Å². The van der Waals surface area contributed by atoms with Crippen LogP contribution in [-0.4, -0.2) is 11.6 Å². The van der Waals surface area contributed by atoms with E-state index in [-0.39, 0.29) is 5.82 Å². The average Bonchev–Trinajstić information content (AvgIpc) is 2.44. The molecule has 2 rings (SSSR count). The van der Waals surface area contributed by atoms with Crippen LogP contribution in [0.1, 0.15) is 5.56 Å². The van der Waals surface area contributed by atoms with Gasteiger partial charge in [0.2, 0.25) is 0 Å². The van der Waals surface area contributed by atoms with Crippen LogP contribution >= 0.6 is 11.6 Å². The fraction of sp³-hybridized carbons (Fsp3) is 0.273. The molecule has 0 unspecified atom stereocenters. The molecule has 15 heavy (non-hydrogen) atoms. The molecule has 0 bridgehead atoms. The van der Waals surface area contributed by atoms with Gasteiger partial charge in [-0.05, 0) is 25.2 Å². The number of rotatable bonds is 2. The van der Waals surface area contributed by atoms with E-state index in [0.717, 1.165) is 16.5 Å². The van der Waals surface area contributed by atoms with E-state index in [1.54, 1.807) is 6.07 Å². The Morgan fingerprint density at radius 3 is 2.87 bits per heavy atom. The Morgan fingerprint density at radius 2 is 2.20 bits per heavy atom. The predicted molar refractivity (Wildman–Crippen MR) is 60.7 cm³/mol. The second-order valence-electron chi connectivity index (χ2n) is 3.52. The van der Waals surface area contributed by atoms with Crippen molar-refractivity contribution in [2.75, 3.05) is 7.05 Å². The number of nitrogens with one attached hydrogen (secondary N) is 1. The Hall–Kier alpha value is -1.06. The fourth-order valence-electron chi connectivity index (χ4n) is 1.81. The molecule has 2 aromatic rings. The maximum atomic E-state index is 13.1. The van der Waals surface area contributed by atoms with Crippen molar-refractivity contribution < 1.29 is 4.39 Å². The Labute approximate surface area is 92.6 Å². The largest absolute Gasteiger partial charge is 0.334 e. The number of fused-ring (bicyclic) bond motifs is 1. The zero-order chi connectivity index (χ0) is 11.0. The van der Waals surface area contributed by atoms with Crippen molar-refractivity contribution >= 4 is 22.5 Å². The van der Waals surface area contributed by atoms with E-state index in [9.17, 15) is 4.39 Å². The zero-order valence-electron chi connectivity index (χ0n) is 8.64. The lowest BCUT2D eigenvalue weighted by atomic mass is 10.2. The minimum Gasteiger partial charge on any atom is -0.334 e. The minimum absolute atomic E-state index is 0.234. The molecule has 0 saturated carbocycles. The quantitative estimate of drug-likeness (QED) is 0.833. The fourth-order valence-corrected chi connectivity index (χ4v) is 2.07. The summed E-state index contributed by atoms with van der Waals surface area (Å²) in [6, 6.07) is 4.71. The van der Waals surface area contributed by atoms with Gasteiger partial charge in [0.25, 0.3) is 0 Å². The van der Waals surface area contributed by atoms with E-state index < -0.39 is 0 Å². The molecule has 0 saturated heterocycles. The Bertz CT molecular complexity index is 505. The predicted octanol–water partition coefficient (Wildman–Crippen LogP) is 2.69. The summed E-state index contributed by atoms with van der Waals surface area (Å²) in [7, 11) is 3.72. The third-order valence-electron chi connectivity index (χ3n) is 2.54. The zero-order valence-corrected chi connectivity index (χ0v) is 9.40. The number of benzene rings is 1. The molecule has 0 radical (unpaired) electrons. The van der Waals surface area contributed by atoms with Crippen LogP contribution in [0.2, 0.25) is 5.15 Å². The minimum atomic E-state index is -0.234. The highest BCUT2D eigenvalue weighted by Gasteiger charge is 2.12. The Morgan fingerprint density at radius 1 is 1.47 bits per heavy atom. The number of aryl methyl sites for hydroxylation is 1. The normalized spacial score (nSPS) is 11.2. The van der Waals surface area contributed by atoms with E-state index in [4.69, 9.17) is 11.6 Å². The number of nitrogens with zero attached hydrogens (tertiary/aromatic N) is 1. The van der Waals surface area contributed by atoms with Crippen LogP contribution in [0.15, 0.2) is 18.2 Å². The molecule has 1 aromatic carbocycles. The van der Waals surface area contributed by atoms with Crippen molar-refractivity contribution in [2.45, 2.75) is 6.54 Å². The third-order valence-corrected chi connectivity index (χ3v) is 3.02. The maximum absolute atomic E-state index is 13.1. The van der Waals surface area contributed by atoms with E-state index >= 15 is 0 Å². The number of halogens is 2. The van der Waals surface area contributed by atoms with Crippen LogP contribution in [0.25, 0.3) is 10.9 Å². The summed E-state index contributed by atoms with van der Waals surface area (Å²) in [6.45, 7) is 0.639. The molecule has 80 valence electrons. The molecule has 0 aliphatic carbocycles. The van der Waals surface area contributed by atoms with Crippen molar-refractivity contribution in [3.05, 3.63) is 34.7 Å². The average molecular weight is 227 g/mol. The molecule has 0 aliphatic heterocycles. The van der Waals surface area contributed by atoms with Crippen molar-refractivity contribution in [1.29, 1.82) is 0 Å². The smallest absolute Gasteiger partial charge is 0.123 e. The van der Waals surface area contributed by atoms with Gasteiger partial charge in [0.15, 0.2) is 0 Å². The number of hydrogen-bond donors (Lipinski definition) is 1. The van der Waals surface area contributed by atoms with Crippen molar-refractivity contribution in [3.8, 4) is 0 Å². The molecule has 1 N–H and O–H groups in total. The lowest BCUT2D eigenvalue weighted by Crippen LogP contribution is -2.05. The van der Waals surface area contributed by atoms with E-state index in [0.29, 0.717) is 11.7 Å². The first-order chi connectivity index (χ1) is 7.15. The summed E-state index contributed by atoms with van der Waals surface area (Å²) in [5, 5.41) is 4.56. The van der Waals surface area contributed by atoms with E-state index in [1.165, 1.54) is 12.1 Å². The van der Waals surface area contributed by atoms with Gasteiger partial charge in [-0.25, -0.2) is 4.39 Å². The van der Waals surface area contributed by atoms with Gasteiger partial charge in [-0.1, -0.05) is 11.6 Å². The monoisotopic (exact) mass is 226 g/mol. The Kier molecular flexibility index (Phi) is 2.67. The molecule has 2 nitrogen and oxygen atoms in total. The van der Waals surface area contributed by atoms with Crippen LogP contribution in [0.3, 0.4) is 0 Å². The topological polar surface area (TPSA) is 17.0 Å². The summed E-state index contributed by atoms with van der Waals surface area (Å²) >= 11 is 6.17. The second kappa shape index (κ2) is 3.83. The van der Waals surface area contributed by atoms with Crippen molar-refractivity contribution in [1.82, 2.24) is 9.88 Å². The molecule has 0 atom stereocenters. The molecule has 0 fully saturated rings. The molecular formula is C11H12ClFN2. The van der Waals surface area contributed by atoms with E-state index in [1.807, 2.05) is 18.7 Å². The molecule has 4 heteroatoms. The first kappa shape index (κ1) is 10.5. The maximum Gasteiger partial charge on any atom is 0.123 e. The molecule has 0 amide bonds. The summed E-state index contributed by atoms with van der Waals surface area (Å²) in [5.41, 5.74) is 1.89. The van der Waals surface area contributed by atoms with Gasteiger partial charge < -0.3 is 9.88 Å². The lowest BCUT2D eigenvalue weighted by Gasteiger charge is -1.98. The van der Waals surface area contributed by atoms with Gasteiger partial charge in [0, 0.05) is 30.1 Å². The van der Waals surface area contributed by atoms with Crippen LogP contribution in [0.4, 0.5) is 4.39 Å². The SMILES string of the molecule is CNCc1c(Cl)n(C)c2ccc(F)cc12. The molecule has 0 aliphatic rings. The first-order valence-corrected chi connectivity index (χ1v) is 5.10. The van der Waals surface area contributed by atoms with Gasteiger partial charge in [0.05, 0.1) is 0 Å². The van der Waals surface area contributed by atoms with Gasteiger partial charge in [-0.2, -0.15) is 0 Å². The first-order valence-electron chi connectivity index (χ1n) is 4.72. The van der Waals surface area contributed by atoms with Crippen LogP contribution in [-0.2, 0) is 13.6 Å². The highest BCUT2D eigenvalue weighted by molar-refractivity contribution is 6.32. The standard InChI is InChI=1S/C11H12ClFN2/c1-14-6-9-8-5-7(13)3-4-10(8)15(2)11(9)12/h3-5,14H,6H2,1-2H3. The molecular weight excluding hydrogens is 215 g/mol. The van der Waals surface area contributed by atoms with Crippen LogP contribution in [0.5, 0.6) is 0 Å². The van der Waals surface area contributed by atoms with Crippen LogP contribution in [0, 0.1) is 5.82 Å². The third kappa shape index (κ3) is 1.62. The van der Waals surface area contributed by atoms with Crippen LogP contribution < -0.4 is 5.32 Å². The highest BCUT2D eigenvalue weighted by Crippen LogP contribution is 2.29. The second-order valence-corrected chi connectivity index (χ2v) is 3.88. The summed E-state index contributed by atoms with van der Waals surface area (Å²) in [6.07, 6.45) is 0. The number of aromatic nitrogens is 1. The van der Waals surface area contributed by atoms with Crippen molar-refractivity contribution in [3.63, 3.8) is 0 Å². The molecule has 0 spiro atoms. The number of hydrogen-bond acceptors (Lipinski definition) is 1. The van der Waals surface area contributed by atoms with Gasteiger partial charge >= 0.3 is 0 Å². The highest BCUT2D eigenvalue weighted by atomic mass is 35.5. The molecule has 1 heterocycles. The van der Waals surface area contributed by atoms with Gasteiger partial charge in [0.1, 0.15) is 11.0 Å². The Balaban J connectivity index is 2.76. The summed E-state index contributed by atoms with van der Waals surface area (Å²) in [4.78, 5) is 0. The summed E-state index contributed by atoms with van der Waals surface area (Å²) in [5.74, 6) is -0.234. The van der Waals surface area contributed by atoms with E-state index in [2.05, 4.69) is 5.32 Å². The summed E-state index contributed by atoms with van der Waals surface area (Å²) < 4.78 is 15.0. The van der Waals surface area contributed by atoms with Crippen molar-refractivity contribution in [2.24, 2.45) is 7.05 Å².